The number of hydrogen-bond acceptors (Lipinski definition) is 3. The van der Waals surface area contributed by atoms with E-state index in [1.165, 1.54) is 0 Å². The zero-order chi connectivity index (χ0) is 13.4. The molecule has 1 N–H and O–H groups in total. The first kappa shape index (κ1) is 12.9. The minimum absolute atomic E-state index is 0.533. The molecule has 0 aliphatic heterocycles. The summed E-state index contributed by atoms with van der Waals surface area (Å²) in [5.74, 6) is 0.796. The summed E-state index contributed by atoms with van der Waals surface area (Å²) in [4.78, 5) is 1.16. The Morgan fingerprint density at radius 2 is 2.16 bits per heavy atom. The molecule has 0 aliphatic rings. The van der Waals surface area contributed by atoms with Gasteiger partial charge in [0.15, 0.2) is 0 Å². The number of halogens is 1. The molecular weight excluding hydrogens is 324 g/mol. The minimum atomic E-state index is -0.533. The second kappa shape index (κ2) is 5.12. The van der Waals surface area contributed by atoms with Crippen LogP contribution in [0.4, 0.5) is 0 Å². The van der Waals surface area contributed by atoms with Crippen LogP contribution < -0.4 is 0 Å². The normalized spacial score (nSPS) is 13.0. The summed E-state index contributed by atoms with van der Waals surface area (Å²) in [7, 11) is 0. The van der Waals surface area contributed by atoms with Crippen LogP contribution in [0.1, 0.15) is 22.3 Å². The zero-order valence-electron chi connectivity index (χ0n) is 10.4. The van der Waals surface area contributed by atoms with Gasteiger partial charge in [-0.2, -0.15) is 0 Å². The Bertz CT molecular complexity index is 714. The highest BCUT2D eigenvalue weighted by molar-refractivity contribution is 9.10. The van der Waals surface area contributed by atoms with Crippen LogP contribution in [0, 0.1) is 6.92 Å². The third kappa shape index (κ3) is 2.48. The third-order valence-electron chi connectivity index (χ3n) is 3.17. The van der Waals surface area contributed by atoms with E-state index in [1.54, 1.807) is 11.3 Å². The summed E-state index contributed by atoms with van der Waals surface area (Å²) in [6.45, 7) is 1.91. The lowest BCUT2D eigenvalue weighted by molar-refractivity contribution is 0.178. The molecule has 3 rings (SSSR count). The van der Waals surface area contributed by atoms with E-state index in [4.69, 9.17) is 4.42 Å². The number of hydrogen-bond donors (Lipinski definition) is 1. The molecule has 0 spiro atoms. The van der Waals surface area contributed by atoms with Gasteiger partial charge in [-0.25, -0.2) is 0 Å². The van der Waals surface area contributed by atoms with E-state index >= 15 is 0 Å². The van der Waals surface area contributed by atoms with Crippen molar-refractivity contribution in [2.45, 2.75) is 19.4 Å². The number of aliphatic hydroxyl groups is 1. The zero-order valence-corrected chi connectivity index (χ0v) is 12.8. The number of furan rings is 1. The monoisotopic (exact) mass is 336 g/mol. The van der Waals surface area contributed by atoms with Gasteiger partial charge in [0.2, 0.25) is 0 Å². The first-order valence-electron chi connectivity index (χ1n) is 6.04. The maximum absolute atomic E-state index is 10.5. The van der Waals surface area contributed by atoms with Crippen molar-refractivity contribution in [2.24, 2.45) is 0 Å². The van der Waals surface area contributed by atoms with Crippen molar-refractivity contribution in [3.8, 4) is 0 Å². The summed E-state index contributed by atoms with van der Waals surface area (Å²) in [5, 5.41) is 13.5. The predicted octanol–water partition coefficient (Wildman–Crippen LogP) is 4.84. The molecule has 2 heterocycles. The molecule has 1 atom stereocenters. The lowest BCUT2D eigenvalue weighted by atomic mass is 10.0. The van der Waals surface area contributed by atoms with E-state index in [0.29, 0.717) is 6.42 Å². The molecular formula is C15H13BrO2S. The second-order valence-corrected chi connectivity index (χ2v) is 6.43. The van der Waals surface area contributed by atoms with Crippen molar-refractivity contribution in [2.75, 3.05) is 0 Å². The molecule has 2 nitrogen and oxygen atoms in total. The van der Waals surface area contributed by atoms with Crippen LogP contribution in [0.15, 0.2) is 44.6 Å². The maximum atomic E-state index is 10.5. The molecule has 1 aromatic carbocycles. The van der Waals surface area contributed by atoms with Crippen molar-refractivity contribution in [1.82, 2.24) is 0 Å². The molecule has 1 unspecified atom stereocenters. The van der Waals surface area contributed by atoms with Gasteiger partial charge in [-0.05, 0) is 35.0 Å². The van der Waals surface area contributed by atoms with Crippen LogP contribution in [0.3, 0.4) is 0 Å². The fraction of sp³-hybridized carbons (Fsp3) is 0.200. The van der Waals surface area contributed by atoms with Crippen LogP contribution in [-0.2, 0) is 6.42 Å². The topological polar surface area (TPSA) is 33.4 Å². The van der Waals surface area contributed by atoms with Crippen LogP contribution >= 0.6 is 27.3 Å². The van der Waals surface area contributed by atoms with Crippen molar-refractivity contribution < 1.29 is 9.52 Å². The van der Waals surface area contributed by atoms with E-state index < -0.39 is 6.10 Å². The average molecular weight is 337 g/mol. The van der Waals surface area contributed by atoms with Crippen molar-refractivity contribution in [3.05, 3.63) is 56.4 Å². The van der Waals surface area contributed by atoms with Gasteiger partial charge in [0, 0.05) is 32.1 Å². The summed E-state index contributed by atoms with van der Waals surface area (Å²) in [5.41, 5.74) is 1.74. The fourth-order valence-corrected chi connectivity index (χ4v) is 3.84. The molecule has 0 fully saturated rings. The quantitative estimate of drug-likeness (QED) is 0.742. The van der Waals surface area contributed by atoms with Gasteiger partial charge >= 0.3 is 0 Å². The lowest BCUT2D eigenvalue weighted by Gasteiger charge is -2.09. The number of aliphatic hydroxyl groups excluding tert-OH is 1. The highest BCUT2D eigenvalue weighted by atomic mass is 79.9. The Hall–Kier alpha value is -1.10. The first-order chi connectivity index (χ1) is 9.15. The molecule has 0 bridgehead atoms. The molecule has 2 aromatic heterocycles. The van der Waals surface area contributed by atoms with Gasteiger partial charge < -0.3 is 9.52 Å². The number of para-hydroxylation sites is 1. The smallest absolute Gasteiger partial charge is 0.134 e. The lowest BCUT2D eigenvalue weighted by Crippen LogP contribution is -2.01. The average Bonchev–Trinajstić information content (AvgIpc) is 2.91. The van der Waals surface area contributed by atoms with E-state index in [0.717, 1.165) is 31.6 Å². The molecule has 4 heteroatoms. The number of fused-ring (bicyclic) bond motifs is 1. The molecule has 3 aromatic rings. The standard InChI is InChI=1S/C15H13BrO2S/c1-9-15(12-4-2-3-5-14(12)18-9)13(17)7-11-6-10(16)8-19-11/h2-6,8,13,17H,7H2,1H3. The van der Waals surface area contributed by atoms with Gasteiger partial charge in [0.1, 0.15) is 11.3 Å². The Kier molecular flexibility index (Phi) is 3.48. The van der Waals surface area contributed by atoms with Crippen LogP contribution in [0.2, 0.25) is 0 Å². The van der Waals surface area contributed by atoms with Crippen molar-refractivity contribution in [1.29, 1.82) is 0 Å². The highest BCUT2D eigenvalue weighted by Gasteiger charge is 2.19. The third-order valence-corrected chi connectivity index (χ3v) is 4.89. The van der Waals surface area contributed by atoms with E-state index in [2.05, 4.69) is 15.9 Å². The summed E-state index contributed by atoms with van der Waals surface area (Å²) >= 11 is 5.08. The number of benzene rings is 1. The van der Waals surface area contributed by atoms with E-state index in [1.807, 2.05) is 42.6 Å². The van der Waals surface area contributed by atoms with Crippen molar-refractivity contribution >= 4 is 38.2 Å². The Balaban J connectivity index is 1.97. The number of rotatable bonds is 3. The summed E-state index contributed by atoms with van der Waals surface area (Å²) < 4.78 is 6.76. The molecule has 19 heavy (non-hydrogen) atoms. The number of thiophene rings is 1. The second-order valence-electron chi connectivity index (χ2n) is 4.52. The van der Waals surface area contributed by atoms with E-state index in [9.17, 15) is 5.11 Å². The SMILES string of the molecule is Cc1oc2ccccc2c1C(O)Cc1cc(Br)cs1. The van der Waals surface area contributed by atoms with Gasteiger partial charge in [-0.3, -0.25) is 0 Å². The van der Waals surface area contributed by atoms with Crippen LogP contribution in [0.25, 0.3) is 11.0 Å². The van der Waals surface area contributed by atoms with Gasteiger partial charge in [-0.15, -0.1) is 11.3 Å². The van der Waals surface area contributed by atoms with Gasteiger partial charge in [0.05, 0.1) is 6.10 Å². The van der Waals surface area contributed by atoms with Crippen molar-refractivity contribution in [3.63, 3.8) is 0 Å². The van der Waals surface area contributed by atoms with Gasteiger partial charge in [0.25, 0.3) is 0 Å². The molecule has 0 saturated carbocycles. The Labute approximate surface area is 123 Å². The fourth-order valence-electron chi connectivity index (χ4n) is 2.36. The molecule has 0 saturated heterocycles. The Morgan fingerprint density at radius 1 is 1.37 bits per heavy atom. The molecule has 0 aliphatic carbocycles. The molecule has 0 amide bonds. The minimum Gasteiger partial charge on any atom is -0.461 e. The largest absolute Gasteiger partial charge is 0.461 e. The summed E-state index contributed by atoms with van der Waals surface area (Å²) in [6.07, 6.45) is 0.0786. The predicted molar refractivity (Wildman–Crippen MR) is 81.6 cm³/mol. The van der Waals surface area contributed by atoms with Gasteiger partial charge in [-0.1, -0.05) is 18.2 Å². The Morgan fingerprint density at radius 3 is 2.89 bits per heavy atom. The van der Waals surface area contributed by atoms with E-state index in [-0.39, 0.29) is 0 Å². The van der Waals surface area contributed by atoms with Crippen LogP contribution in [0.5, 0.6) is 0 Å². The molecule has 0 radical (unpaired) electrons. The highest BCUT2D eigenvalue weighted by Crippen LogP contribution is 2.33. The molecule has 98 valence electrons. The summed E-state index contributed by atoms with van der Waals surface area (Å²) in [6, 6.07) is 9.88. The maximum Gasteiger partial charge on any atom is 0.134 e. The van der Waals surface area contributed by atoms with Crippen LogP contribution in [-0.4, -0.2) is 5.11 Å². The number of aryl methyl sites for hydroxylation is 1. The first-order valence-corrected chi connectivity index (χ1v) is 7.71.